The molecule has 0 unspecified atom stereocenters. The fourth-order valence-corrected chi connectivity index (χ4v) is 2.52. The number of ether oxygens (including phenoxy) is 1. The number of carbonyl (C=O) groups excluding carboxylic acids is 1. The highest BCUT2D eigenvalue weighted by Crippen LogP contribution is 2.20. The monoisotopic (exact) mass is 317 g/mol. The van der Waals surface area contributed by atoms with Crippen LogP contribution in [-0.4, -0.2) is 53.7 Å². The summed E-state index contributed by atoms with van der Waals surface area (Å²) < 4.78 is 4.99. The SMILES string of the molecule is CCOC(=O)N1CCN(Cc2cnc(Cl)cc2Cl)CC1. The number of hydrogen-bond acceptors (Lipinski definition) is 4. The molecule has 1 fully saturated rings. The van der Waals surface area contributed by atoms with Crippen molar-refractivity contribution in [3.63, 3.8) is 0 Å². The van der Waals surface area contributed by atoms with Crippen LogP contribution in [0.2, 0.25) is 10.2 Å². The minimum Gasteiger partial charge on any atom is -0.450 e. The van der Waals surface area contributed by atoms with E-state index >= 15 is 0 Å². The van der Waals surface area contributed by atoms with E-state index in [2.05, 4.69) is 9.88 Å². The molecule has 20 heavy (non-hydrogen) atoms. The van der Waals surface area contributed by atoms with Crippen molar-refractivity contribution >= 4 is 29.3 Å². The van der Waals surface area contributed by atoms with Crippen LogP contribution in [0.5, 0.6) is 0 Å². The average Bonchev–Trinajstić information content (AvgIpc) is 2.43. The molecule has 0 spiro atoms. The average molecular weight is 318 g/mol. The van der Waals surface area contributed by atoms with E-state index in [0.29, 0.717) is 36.4 Å². The van der Waals surface area contributed by atoms with Gasteiger partial charge >= 0.3 is 6.09 Å². The lowest BCUT2D eigenvalue weighted by atomic mass is 10.2. The summed E-state index contributed by atoms with van der Waals surface area (Å²) in [7, 11) is 0. The largest absolute Gasteiger partial charge is 0.450 e. The van der Waals surface area contributed by atoms with Gasteiger partial charge in [0, 0.05) is 49.5 Å². The van der Waals surface area contributed by atoms with Crippen molar-refractivity contribution in [2.45, 2.75) is 13.5 Å². The molecule has 1 saturated heterocycles. The molecule has 0 aromatic carbocycles. The van der Waals surface area contributed by atoms with Crippen LogP contribution in [0.15, 0.2) is 12.3 Å². The predicted octanol–water partition coefficient (Wildman–Crippen LogP) is 2.66. The van der Waals surface area contributed by atoms with E-state index in [1.165, 1.54) is 0 Å². The van der Waals surface area contributed by atoms with Gasteiger partial charge in [0.1, 0.15) is 5.15 Å². The fraction of sp³-hybridized carbons (Fsp3) is 0.538. The second kappa shape index (κ2) is 7.11. The third-order valence-electron chi connectivity index (χ3n) is 3.19. The first-order valence-electron chi connectivity index (χ1n) is 6.54. The highest BCUT2D eigenvalue weighted by Gasteiger charge is 2.22. The van der Waals surface area contributed by atoms with Gasteiger partial charge in [-0.05, 0) is 13.0 Å². The van der Waals surface area contributed by atoms with Gasteiger partial charge in [-0.15, -0.1) is 0 Å². The minimum absolute atomic E-state index is 0.238. The topological polar surface area (TPSA) is 45.7 Å². The Hall–Kier alpha value is -1.04. The number of piperazine rings is 1. The molecular formula is C13H17Cl2N3O2. The molecule has 110 valence electrons. The van der Waals surface area contributed by atoms with E-state index in [4.69, 9.17) is 27.9 Å². The summed E-state index contributed by atoms with van der Waals surface area (Å²) in [4.78, 5) is 19.6. The molecule has 1 aliphatic heterocycles. The number of carbonyl (C=O) groups is 1. The highest BCUT2D eigenvalue weighted by molar-refractivity contribution is 6.34. The van der Waals surface area contributed by atoms with Crippen molar-refractivity contribution in [2.75, 3.05) is 32.8 Å². The number of rotatable bonds is 3. The maximum atomic E-state index is 11.6. The van der Waals surface area contributed by atoms with E-state index in [1.807, 2.05) is 6.92 Å². The van der Waals surface area contributed by atoms with Crippen LogP contribution in [0.1, 0.15) is 12.5 Å². The molecule has 0 saturated carbocycles. The number of nitrogens with zero attached hydrogens (tertiary/aromatic N) is 3. The lowest BCUT2D eigenvalue weighted by molar-refractivity contribution is 0.0778. The van der Waals surface area contributed by atoms with E-state index < -0.39 is 0 Å². The fourth-order valence-electron chi connectivity index (χ4n) is 2.10. The quantitative estimate of drug-likeness (QED) is 0.804. The summed E-state index contributed by atoms with van der Waals surface area (Å²) in [6.45, 7) is 5.83. The number of aromatic nitrogens is 1. The van der Waals surface area contributed by atoms with Crippen molar-refractivity contribution in [3.8, 4) is 0 Å². The Kier molecular flexibility index (Phi) is 5.46. The van der Waals surface area contributed by atoms with Crippen molar-refractivity contribution in [3.05, 3.63) is 28.0 Å². The molecule has 5 nitrogen and oxygen atoms in total. The van der Waals surface area contributed by atoms with Crippen LogP contribution in [0.25, 0.3) is 0 Å². The highest BCUT2D eigenvalue weighted by atomic mass is 35.5. The van der Waals surface area contributed by atoms with Crippen molar-refractivity contribution in [1.82, 2.24) is 14.8 Å². The summed E-state index contributed by atoms with van der Waals surface area (Å²) in [5, 5.41) is 1.02. The first-order chi connectivity index (χ1) is 9.60. The van der Waals surface area contributed by atoms with Gasteiger partial charge in [-0.25, -0.2) is 9.78 Å². The second-order valence-electron chi connectivity index (χ2n) is 4.56. The van der Waals surface area contributed by atoms with Gasteiger partial charge in [-0.1, -0.05) is 23.2 Å². The molecule has 1 aromatic rings. The van der Waals surface area contributed by atoms with E-state index in [1.54, 1.807) is 17.2 Å². The first-order valence-corrected chi connectivity index (χ1v) is 7.29. The number of halogens is 2. The van der Waals surface area contributed by atoms with Crippen molar-refractivity contribution in [1.29, 1.82) is 0 Å². The molecule has 1 aromatic heterocycles. The third-order valence-corrected chi connectivity index (χ3v) is 3.75. The molecule has 0 atom stereocenters. The van der Waals surface area contributed by atoms with E-state index in [-0.39, 0.29) is 6.09 Å². The standard InChI is InChI=1S/C13H17Cl2N3O2/c1-2-20-13(19)18-5-3-17(4-6-18)9-10-8-16-12(15)7-11(10)14/h7-8H,2-6,9H2,1H3. The maximum absolute atomic E-state index is 11.6. The number of pyridine rings is 1. The summed E-state index contributed by atoms with van der Waals surface area (Å²) in [6, 6.07) is 1.65. The maximum Gasteiger partial charge on any atom is 0.409 e. The molecule has 2 heterocycles. The summed E-state index contributed by atoms with van der Waals surface area (Å²) in [5.41, 5.74) is 0.945. The Morgan fingerprint density at radius 3 is 2.65 bits per heavy atom. The van der Waals surface area contributed by atoms with E-state index in [9.17, 15) is 4.79 Å². The molecule has 2 rings (SSSR count). The molecule has 0 aliphatic carbocycles. The summed E-state index contributed by atoms with van der Waals surface area (Å²) in [6.07, 6.45) is 1.46. The van der Waals surface area contributed by atoms with Crippen molar-refractivity contribution in [2.24, 2.45) is 0 Å². The van der Waals surface area contributed by atoms with Crippen LogP contribution >= 0.6 is 23.2 Å². The molecule has 1 aliphatic rings. The smallest absolute Gasteiger partial charge is 0.409 e. The summed E-state index contributed by atoms with van der Waals surface area (Å²) >= 11 is 11.9. The zero-order valence-corrected chi connectivity index (χ0v) is 12.8. The minimum atomic E-state index is -0.238. The van der Waals surface area contributed by atoms with Crippen LogP contribution in [-0.2, 0) is 11.3 Å². The molecule has 1 amide bonds. The normalized spacial score (nSPS) is 16.2. The molecular weight excluding hydrogens is 301 g/mol. The Labute approximate surface area is 128 Å². The van der Waals surface area contributed by atoms with Gasteiger partial charge in [-0.3, -0.25) is 4.90 Å². The molecule has 0 N–H and O–H groups in total. The zero-order chi connectivity index (χ0) is 14.5. The zero-order valence-electron chi connectivity index (χ0n) is 11.3. The van der Waals surface area contributed by atoms with Gasteiger partial charge in [-0.2, -0.15) is 0 Å². The van der Waals surface area contributed by atoms with Gasteiger partial charge < -0.3 is 9.64 Å². The first kappa shape index (κ1) is 15.4. The van der Waals surface area contributed by atoms with Crippen LogP contribution in [0.4, 0.5) is 4.79 Å². The Morgan fingerprint density at radius 2 is 2.05 bits per heavy atom. The second-order valence-corrected chi connectivity index (χ2v) is 5.36. The Bertz CT molecular complexity index is 477. The van der Waals surface area contributed by atoms with E-state index in [0.717, 1.165) is 18.7 Å². The lowest BCUT2D eigenvalue weighted by Gasteiger charge is -2.34. The van der Waals surface area contributed by atoms with Gasteiger partial charge in [0.25, 0.3) is 0 Å². The van der Waals surface area contributed by atoms with Crippen LogP contribution < -0.4 is 0 Å². The number of hydrogen-bond donors (Lipinski definition) is 0. The van der Waals surface area contributed by atoms with Gasteiger partial charge in [0.15, 0.2) is 0 Å². The van der Waals surface area contributed by atoms with Gasteiger partial charge in [0.05, 0.1) is 6.61 Å². The summed E-state index contributed by atoms with van der Waals surface area (Å²) in [5.74, 6) is 0. The Morgan fingerprint density at radius 1 is 1.35 bits per heavy atom. The molecule has 7 heteroatoms. The van der Waals surface area contributed by atoms with Crippen molar-refractivity contribution < 1.29 is 9.53 Å². The molecule has 0 radical (unpaired) electrons. The third kappa shape index (κ3) is 3.98. The predicted molar refractivity (Wildman–Crippen MR) is 78.1 cm³/mol. The Balaban J connectivity index is 1.86. The van der Waals surface area contributed by atoms with Crippen LogP contribution in [0.3, 0.4) is 0 Å². The van der Waals surface area contributed by atoms with Crippen LogP contribution in [0, 0.1) is 0 Å². The lowest BCUT2D eigenvalue weighted by Crippen LogP contribution is -2.48. The molecule has 0 bridgehead atoms. The van der Waals surface area contributed by atoms with Gasteiger partial charge in [0.2, 0.25) is 0 Å². The number of amides is 1.